The first-order valence-electron chi connectivity index (χ1n) is 4.95. The van der Waals surface area contributed by atoms with Crippen LogP contribution in [0, 0.1) is 0 Å². The summed E-state index contributed by atoms with van der Waals surface area (Å²) in [5.74, 6) is 0. The van der Waals surface area contributed by atoms with Gasteiger partial charge < -0.3 is 15.2 Å². The topological polar surface area (TPSA) is 41.5 Å². The Morgan fingerprint density at radius 2 is 2.08 bits per heavy atom. The molecule has 0 aliphatic heterocycles. The third kappa shape index (κ3) is 6.02. The number of nitrogens with one attached hydrogen (secondary N) is 1. The molecule has 0 aromatic carbocycles. The second-order valence-electron chi connectivity index (χ2n) is 4.00. The van der Waals surface area contributed by atoms with Gasteiger partial charge in [0.15, 0.2) is 0 Å². The molecule has 3 nitrogen and oxygen atoms in total. The lowest BCUT2D eigenvalue weighted by molar-refractivity contribution is 0.00171. The van der Waals surface area contributed by atoms with E-state index in [9.17, 15) is 0 Å². The third-order valence-corrected chi connectivity index (χ3v) is 2.19. The maximum absolute atomic E-state index is 9.09. The van der Waals surface area contributed by atoms with Gasteiger partial charge in [0.05, 0.1) is 12.2 Å². The average Bonchev–Trinajstić information content (AvgIpc) is 2.12. The minimum Gasteiger partial charge on any atom is -0.395 e. The molecule has 13 heavy (non-hydrogen) atoms. The van der Waals surface area contributed by atoms with Crippen LogP contribution in [0.25, 0.3) is 0 Å². The van der Waals surface area contributed by atoms with Crippen LogP contribution in [0.5, 0.6) is 0 Å². The lowest BCUT2D eigenvalue weighted by Gasteiger charge is -2.28. The Morgan fingerprint density at radius 1 is 1.46 bits per heavy atom. The molecule has 0 rings (SSSR count). The number of methoxy groups -OCH3 is 1. The first-order valence-corrected chi connectivity index (χ1v) is 4.95. The Bertz CT molecular complexity index is 126. The standard InChI is InChI=1S/C10H23NO2/c1-5-6-11-9(8-12)7-10(2,3)13-4/h9,11-12H,5-8H2,1-4H3. The van der Waals surface area contributed by atoms with E-state index in [1.54, 1.807) is 7.11 Å². The number of aliphatic hydroxyl groups excluding tert-OH is 1. The number of aliphatic hydroxyl groups is 1. The van der Waals surface area contributed by atoms with Gasteiger partial charge in [-0.3, -0.25) is 0 Å². The number of ether oxygens (including phenoxy) is 1. The molecule has 0 aliphatic rings. The first kappa shape index (κ1) is 12.9. The molecule has 2 N–H and O–H groups in total. The van der Waals surface area contributed by atoms with Gasteiger partial charge in [-0.1, -0.05) is 6.92 Å². The molecule has 0 amide bonds. The Labute approximate surface area is 81.5 Å². The molecule has 0 aromatic heterocycles. The SMILES string of the molecule is CCCNC(CO)CC(C)(C)OC. The molecule has 0 aliphatic carbocycles. The smallest absolute Gasteiger partial charge is 0.0638 e. The molecule has 0 saturated heterocycles. The Hall–Kier alpha value is -0.120. The van der Waals surface area contributed by atoms with Crippen molar-refractivity contribution in [1.82, 2.24) is 5.32 Å². The van der Waals surface area contributed by atoms with Crippen molar-refractivity contribution >= 4 is 0 Å². The van der Waals surface area contributed by atoms with Gasteiger partial charge in [0, 0.05) is 13.2 Å². The van der Waals surface area contributed by atoms with E-state index < -0.39 is 0 Å². The number of hydrogen-bond donors (Lipinski definition) is 2. The summed E-state index contributed by atoms with van der Waals surface area (Å²) < 4.78 is 5.30. The van der Waals surface area contributed by atoms with Gasteiger partial charge in [0.25, 0.3) is 0 Å². The fraction of sp³-hybridized carbons (Fsp3) is 1.00. The van der Waals surface area contributed by atoms with Gasteiger partial charge in [0.1, 0.15) is 0 Å². The minimum atomic E-state index is -0.159. The molecule has 0 saturated carbocycles. The molecule has 0 radical (unpaired) electrons. The predicted molar refractivity (Wildman–Crippen MR) is 54.9 cm³/mol. The number of hydrogen-bond acceptors (Lipinski definition) is 3. The van der Waals surface area contributed by atoms with E-state index in [0.29, 0.717) is 0 Å². The summed E-state index contributed by atoms with van der Waals surface area (Å²) in [4.78, 5) is 0. The van der Waals surface area contributed by atoms with Gasteiger partial charge in [-0.05, 0) is 33.2 Å². The second-order valence-corrected chi connectivity index (χ2v) is 4.00. The summed E-state index contributed by atoms with van der Waals surface area (Å²) in [7, 11) is 1.70. The van der Waals surface area contributed by atoms with Crippen LogP contribution in [0.15, 0.2) is 0 Å². The van der Waals surface area contributed by atoms with Crippen molar-refractivity contribution < 1.29 is 9.84 Å². The fourth-order valence-corrected chi connectivity index (χ4v) is 1.23. The highest BCUT2D eigenvalue weighted by Crippen LogP contribution is 2.15. The highest BCUT2D eigenvalue weighted by Gasteiger charge is 2.21. The molecule has 1 unspecified atom stereocenters. The van der Waals surface area contributed by atoms with Crippen molar-refractivity contribution in [1.29, 1.82) is 0 Å². The Morgan fingerprint density at radius 3 is 2.46 bits per heavy atom. The van der Waals surface area contributed by atoms with Crippen LogP contribution in [0.2, 0.25) is 0 Å². The molecule has 0 spiro atoms. The quantitative estimate of drug-likeness (QED) is 0.631. The molecular weight excluding hydrogens is 166 g/mol. The first-order chi connectivity index (χ1) is 6.05. The largest absolute Gasteiger partial charge is 0.395 e. The zero-order valence-corrected chi connectivity index (χ0v) is 9.26. The molecular formula is C10H23NO2. The maximum atomic E-state index is 9.09. The van der Waals surface area contributed by atoms with Crippen molar-refractivity contribution in [2.24, 2.45) is 0 Å². The lowest BCUT2D eigenvalue weighted by Crippen LogP contribution is -2.40. The summed E-state index contributed by atoms with van der Waals surface area (Å²) >= 11 is 0. The normalized spacial score (nSPS) is 14.5. The summed E-state index contributed by atoms with van der Waals surface area (Å²) in [6, 6.07) is 0.148. The van der Waals surface area contributed by atoms with Crippen LogP contribution in [-0.2, 0) is 4.74 Å². The Balaban J connectivity index is 3.82. The van der Waals surface area contributed by atoms with Gasteiger partial charge in [0.2, 0.25) is 0 Å². The van der Waals surface area contributed by atoms with Crippen LogP contribution in [0.3, 0.4) is 0 Å². The molecule has 0 fully saturated rings. The van der Waals surface area contributed by atoms with Crippen molar-refractivity contribution in [3.8, 4) is 0 Å². The highest BCUT2D eigenvalue weighted by molar-refractivity contribution is 4.77. The van der Waals surface area contributed by atoms with E-state index in [4.69, 9.17) is 9.84 Å². The lowest BCUT2D eigenvalue weighted by atomic mass is 9.99. The molecule has 0 heterocycles. The molecule has 3 heteroatoms. The highest BCUT2D eigenvalue weighted by atomic mass is 16.5. The van der Waals surface area contributed by atoms with Gasteiger partial charge >= 0.3 is 0 Å². The van der Waals surface area contributed by atoms with Gasteiger partial charge in [-0.15, -0.1) is 0 Å². The minimum absolute atomic E-state index is 0.148. The van der Waals surface area contributed by atoms with Crippen molar-refractivity contribution in [2.45, 2.75) is 45.3 Å². The van der Waals surface area contributed by atoms with E-state index in [2.05, 4.69) is 12.2 Å². The second kappa shape index (κ2) is 6.35. The molecule has 1 atom stereocenters. The van der Waals surface area contributed by atoms with E-state index in [-0.39, 0.29) is 18.2 Å². The summed E-state index contributed by atoms with van der Waals surface area (Å²) in [6.45, 7) is 7.30. The zero-order chi connectivity index (χ0) is 10.3. The third-order valence-electron chi connectivity index (χ3n) is 2.19. The fourth-order valence-electron chi connectivity index (χ4n) is 1.23. The number of rotatable bonds is 7. The van der Waals surface area contributed by atoms with Crippen LogP contribution >= 0.6 is 0 Å². The molecule has 80 valence electrons. The summed E-state index contributed by atoms with van der Waals surface area (Å²) in [5.41, 5.74) is -0.159. The van der Waals surface area contributed by atoms with E-state index in [0.717, 1.165) is 19.4 Å². The van der Waals surface area contributed by atoms with Crippen LogP contribution < -0.4 is 5.32 Å². The zero-order valence-electron chi connectivity index (χ0n) is 9.26. The van der Waals surface area contributed by atoms with E-state index in [1.165, 1.54) is 0 Å². The van der Waals surface area contributed by atoms with Gasteiger partial charge in [-0.2, -0.15) is 0 Å². The van der Waals surface area contributed by atoms with Crippen LogP contribution in [0.1, 0.15) is 33.6 Å². The monoisotopic (exact) mass is 189 g/mol. The predicted octanol–water partition coefficient (Wildman–Crippen LogP) is 1.16. The molecule has 0 bridgehead atoms. The van der Waals surface area contributed by atoms with E-state index in [1.807, 2.05) is 13.8 Å². The average molecular weight is 189 g/mol. The molecule has 0 aromatic rings. The van der Waals surface area contributed by atoms with Crippen LogP contribution in [-0.4, -0.2) is 37.0 Å². The van der Waals surface area contributed by atoms with E-state index >= 15 is 0 Å². The summed E-state index contributed by atoms with van der Waals surface area (Å²) in [5, 5.41) is 12.4. The van der Waals surface area contributed by atoms with Crippen molar-refractivity contribution in [3.05, 3.63) is 0 Å². The summed E-state index contributed by atoms with van der Waals surface area (Å²) in [6.07, 6.45) is 1.92. The maximum Gasteiger partial charge on any atom is 0.0638 e. The van der Waals surface area contributed by atoms with Crippen molar-refractivity contribution in [2.75, 3.05) is 20.3 Å². The van der Waals surface area contributed by atoms with Crippen molar-refractivity contribution in [3.63, 3.8) is 0 Å². The van der Waals surface area contributed by atoms with Crippen LogP contribution in [0.4, 0.5) is 0 Å². The Kier molecular flexibility index (Phi) is 6.29. The van der Waals surface area contributed by atoms with Gasteiger partial charge in [-0.25, -0.2) is 0 Å².